The minimum Gasteiger partial charge on any atom is -0.386 e. The lowest BCUT2D eigenvalue weighted by Crippen LogP contribution is -2.26. The van der Waals surface area contributed by atoms with E-state index in [1.165, 1.54) is 16.7 Å². The van der Waals surface area contributed by atoms with Gasteiger partial charge in [-0.1, -0.05) is 301 Å². The van der Waals surface area contributed by atoms with Crippen LogP contribution in [0, 0.1) is 0 Å². The van der Waals surface area contributed by atoms with Crippen LogP contribution in [0.4, 0.5) is 0 Å². The molecule has 0 aromatic heterocycles. The highest BCUT2D eigenvalue weighted by molar-refractivity contribution is 7.49. The van der Waals surface area contributed by atoms with Crippen molar-refractivity contribution >= 4 is 7.82 Å². The number of hydrogen-bond acceptors (Lipinski definition) is 4. The molecule has 0 aliphatic rings. The molecule has 0 atom stereocenters. The standard InChI is InChI=1S/C72H75O4P/c1-67(2,52-31-19-13-20-32-52)58-43-46-64(61(49-58)70(7,8)55-37-25-16-26-38-55)74-77(73,75-65-47-44-59(68(3,4)53-33-21-14-22-34-53)50-62(65)71(9,10)56-39-27-17-28-40-56)76-66-48-45-60(69(5,6)54-35-23-15-24-36-54)51-63(66)72(11,12)57-41-29-18-30-42-57/h13-51H,1-12H3. The maximum Gasteiger partial charge on any atom is 0.647 e. The highest BCUT2D eigenvalue weighted by Gasteiger charge is 2.42. The lowest BCUT2D eigenvalue weighted by atomic mass is 9.73. The molecule has 0 saturated carbocycles. The predicted molar refractivity (Wildman–Crippen MR) is 320 cm³/mol. The van der Waals surface area contributed by atoms with Gasteiger partial charge in [-0.15, -0.1) is 0 Å². The Morgan fingerprint density at radius 3 is 0.610 bits per heavy atom. The maximum absolute atomic E-state index is 17.0. The summed E-state index contributed by atoms with van der Waals surface area (Å²) in [4.78, 5) is 0. The molecular formula is C72H75O4P. The summed E-state index contributed by atoms with van der Waals surface area (Å²) < 4.78 is 38.7. The summed E-state index contributed by atoms with van der Waals surface area (Å²) in [5.41, 5.74) is 9.42. The highest BCUT2D eigenvalue weighted by atomic mass is 31.2. The van der Waals surface area contributed by atoms with Crippen molar-refractivity contribution in [3.05, 3.63) is 303 Å². The second kappa shape index (κ2) is 21.2. The van der Waals surface area contributed by atoms with E-state index in [-0.39, 0.29) is 0 Å². The molecule has 77 heavy (non-hydrogen) atoms. The van der Waals surface area contributed by atoms with E-state index in [0.29, 0.717) is 17.2 Å². The van der Waals surface area contributed by atoms with Gasteiger partial charge in [0, 0.05) is 49.2 Å². The van der Waals surface area contributed by atoms with Crippen molar-refractivity contribution < 1.29 is 18.1 Å². The minimum absolute atomic E-state index is 0.390. The molecule has 0 bridgehead atoms. The smallest absolute Gasteiger partial charge is 0.386 e. The molecule has 0 spiro atoms. The van der Waals surface area contributed by atoms with E-state index >= 15 is 4.57 Å². The summed E-state index contributed by atoms with van der Waals surface area (Å²) >= 11 is 0. The van der Waals surface area contributed by atoms with Gasteiger partial charge in [-0.3, -0.25) is 0 Å². The van der Waals surface area contributed by atoms with Gasteiger partial charge in [0.1, 0.15) is 17.2 Å². The largest absolute Gasteiger partial charge is 0.647 e. The lowest BCUT2D eigenvalue weighted by Gasteiger charge is -2.35. The van der Waals surface area contributed by atoms with Gasteiger partial charge in [0.15, 0.2) is 0 Å². The van der Waals surface area contributed by atoms with Gasteiger partial charge in [-0.05, 0) is 68.3 Å². The van der Waals surface area contributed by atoms with E-state index in [9.17, 15) is 0 Å². The maximum atomic E-state index is 17.0. The van der Waals surface area contributed by atoms with Gasteiger partial charge >= 0.3 is 7.82 Å². The molecule has 0 radical (unpaired) electrons. The molecule has 0 heterocycles. The van der Waals surface area contributed by atoms with Crippen molar-refractivity contribution in [1.29, 1.82) is 0 Å². The normalized spacial score (nSPS) is 12.7. The van der Waals surface area contributed by atoms with Crippen molar-refractivity contribution in [3.8, 4) is 17.2 Å². The average molecular weight is 1040 g/mol. The summed E-state index contributed by atoms with van der Waals surface area (Å²) in [6.45, 7) is 26.6. The Morgan fingerprint density at radius 2 is 0.416 bits per heavy atom. The van der Waals surface area contributed by atoms with E-state index in [4.69, 9.17) is 13.6 Å². The molecule has 9 rings (SSSR count). The lowest BCUT2D eigenvalue weighted by molar-refractivity contribution is 0.291. The van der Waals surface area contributed by atoms with Crippen molar-refractivity contribution in [2.45, 2.75) is 116 Å². The molecule has 392 valence electrons. The second-order valence-corrected chi connectivity index (χ2v) is 25.2. The number of phosphoric ester groups is 1. The van der Waals surface area contributed by atoms with E-state index in [1.54, 1.807) is 0 Å². The minimum atomic E-state index is -4.79. The Hall–Kier alpha value is -7.39. The van der Waals surface area contributed by atoms with Crippen LogP contribution in [0.3, 0.4) is 0 Å². The molecule has 0 saturated heterocycles. The van der Waals surface area contributed by atoms with Crippen LogP contribution in [-0.2, 0) is 37.1 Å². The Kier molecular flexibility index (Phi) is 15.0. The van der Waals surface area contributed by atoms with E-state index in [1.807, 2.05) is 54.6 Å². The number of phosphoric acid groups is 1. The molecule has 0 N–H and O–H groups in total. The van der Waals surface area contributed by atoms with Crippen LogP contribution in [-0.4, -0.2) is 0 Å². The van der Waals surface area contributed by atoms with Crippen molar-refractivity contribution in [2.24, 2.45) is 0 Å². The van der Waals surface area contributed by atoms with E-state index in [2.05, 4.69) is 265 Å². The number of hydrogen-bond donors (Lipinski definition) is 0. The van der Waals surface area contributed by atoms with Gasteiger partial charge in [-0.25, -0.2) is 0 Å². The summed E-state index contributed by atoms with van der Waals surface area (Å²) in [7, 11) is -4.79. The molecule has 0 unspecified atom stereocenters. The molecule has 9 aromatic carbocycles. The Bertz CT molecular complexity index is 3120. The number of benzene rings is 9. The van der Waals surface area contributed by atoms with Crippen LogP contribution in [0.5, 0.6) is 17.2 Å². The molecule has 0 aliphatic carbocycles. The summed E-state index contributed by atoms with van der Waals surface area (Å²) in [5.74, 6) is 1.18. The summed E-state index contributed by atoms with van der Waals surface area (Å²) in [6, 6.07) is 81.7. The monoisotopic (exact) mass is 1030 g/mol. The molecule has 0 aliphatic heterocycles. The summed E-state index contributed by atoms with van der Waals surface area (Å²) in [5, 5.41) is 0. The first kappa shape index (κ1) is 54.4. The van der Waals surface area contributed by atoms with Crippen molar-refractivity contribution in [1.82, 2.24) is 0 Å². The predicted octanol–water partition coefficient (Wildman–Crippen LogP) is 19.3. The third kappa shape index (κ3) is 11.0. The van der Waals surface area contributed by atoms with Gasteiger partial charge in [-0.2, -0.15) is 4.57 Å². The zero-order chi connectivity index (χ0) is 54.9. The second-order valence-electron chi connectivity index (χ2n) is 23.8. The molecule has 9 aromatic rings. The fourth-order valence-corrected chi connectivity index (χ4v) is 12.3. The van der Waals surface area contributed by atoms with E-state index < -0.39 is 40.3 Å². The SMILES string of the molecule is CC(C)(c1ccccc1)c1ccc(OP(=O)(Oc2ccc(C(C)(C)c3ccccc3)cc2C(C)(C)c2ccccc2)Oc2ccc(C(C)(C)c3ccccc3)cc2C(C)(C)c2ccccc2)c(C(C)(C)c2ccccc2)c1. The fourth-order valence-electron chi connectivity index (χ4n) is 11.0. The Balaban J connectivity index is 1.28. The van der Waals surface area contributed by atoms with Crippen LogP contribution in [0.25, 0.3) is 0 Å². The first-order chi connectivity index (χ1) is 36.5. The third-order valence-electron chi connectivity index (χ3n) is 16.7. The fraction of sp³-hybridized carbons (Fsp3) is 0.250. The molecular weight excluding hydrogens is 960 g/mol. The van der Waals surface area contributed by atoms with Crippen LogP contribution in [0.2, 0.25) is 0 Å². The van der Waals surface area contributed by atoms with Crippen molar-refractivity contribution in [2.75, 3.05) is 0 Å². The Labute approximate surface area is 459 Å². The summed E-state index contributed by atoms with van der Waals surface area (Å²) in [6.07, 6.45) is 0. The third-order valence-corrected chi connectivity index (χ3v) is 18.0. The van der Waals surface area contributed by atoms with Crippen LogP contribution >= 0.6 is 7.82 Å². The van der Waals surface area contributed by atoms with Gasteiger partial charge in [0.2, 0.25) is 0 Å². The quantitative estimate of drug-likeness (QED) is 0.0804. The molecule has 0 amide bonds. The molecule has 4 nitrogen and oxygen atoms in total. The van der Waals surface area contributed by atoms with Crippen LogP contribution in [0.15, 0.2) is 237 Å². The van der Waals surface area contributed by atoms with E-state index in [0.717, 1.165) is 50.1 Å². The van der Waals surface area contributed by atoms with Crippen LogP contribution < -0.4 is 13.6 Å². The first-order valence-electron chi connectivity index (χ1n) is 27.0. The Morgan fingerprint density at radius 1 is 0.234 bits per heavy atom. The number of rotatable bonds is 18. The average Bonchev–Trinajstić information content (AvgIpc) is 3.46. The van der Waals surface area contributed by atoms with Crippen molar-refractivity contribution in [3.63, 3.8) is 0 Å². The highest BCUT2D eigenvalue weighted by Crippen LogP contribution is 2.57. The zero-order valence-electron chi connectivity index (χ0n) is 47.1. The van der Waals surface area contributed by atoms with Gasteiger partial charge in [0.25, 0.3) is 0 Å². The van der Waals surface area contributed by atoms with Gasteiger partial charge in [0.05, 0.1) is 0 Å². The molecule has 5 heteroatoms. The zero-order valence-corrected chi connectivity index (χ0v) is 48.0. The van der Waals surface area contributed by atoms with Crippen LogP contribution in [0.1, 0.15) is 150 Å². The van der Waals surface area contributed by atoms with Gasteiger partial charge < -0.3 is 13.6 Å². The molecule has 0 fully saturated rings. The first-order valence-corrected chi connectivity index (χ1v) is 28.5. The topological polar surface area (TPSA) is 44.8 Å².